The number of ether oxygens (including phenoxy) is 1. The molecule has 0 radical (unpaired) electrons. The Bertz CT molecular complexity index is 554. The smallest absolute Gasteiger partial charge is 0.409 e. The number of carbonyl (C=O) groups excluding carboxylic acids is 2. The van der Waals surface area contributed by atoms with Gasteiger partial charge in [0, 0.05) is 29.2 Å². The molecule has 2 rings (SSSR count). The van der Waals surface area contributed by atoms with Crippen LogP contribution in [0.3, 0.4) is 0 Å². The number of amides is 2. The van der Waals surface area contributed by atoms with Gasteiger partial charge in [-0.05, 0) is 44.4 Å². The van der Waals surface area contributed by atoms with Crippen molar-refractivity contribution in [2.24, 2.45) is 5.92 Å². The van der Waals surface area contributed by atoms with Gasteiger partial charge in [-0.25, -0.2) is 4.79 Å². The number of rotatable bonds is 3. The molecule has 120 valence electrons. The Balaban J connectivity index is 1.87. The first-order valence-electron chi connectivity index (χ1n) is 7.50. The summed E-state index contributed by atoms with van der Waals surface area (Å²) in [5.41, 5.74) is 1.91. The molecular formula is C16H21BrN2O3. The summed E-state index contributed by atoms with van der Waals surface area (Å²) in [7, 11) is 0. The van der Waals surface area contributed by atoms with Gasteiger partial charge in [0.1, 0.15) is 0 Å². The third kappa shape index (κ3) is 4.22. The average molecular weight is 369 g/mol. The first-order valence-corrected chi connectivity index (χ1v) is 8.29. The fraction of sp³-hybridized carbons (Fsp3) is 0.500. The van der Waals surface area contributed by atoms with Gasteiger partial charge in [-0.2, -0.15) is 0 Å². The van der Waals surface area contributed by atoms with Gasteiger partial charge in [0.15, 0.2) is 0 Å². The summed E-state index contributed by atoms with van der Waals surface area (Å²) in [4.78, 5) is 25.6. The summed E-state index contributed by atoms with van der Waals surface area (Å²) in [5, 5.41) is 2.95. The molecule has 1 heterocycles. The van der Waals surface area contributed by atoms with Crippen LogP contribution < -0.4 is 5.32 Å². The Morgan fingerprint density at radius 2 is 2.05 bits per heavy atom. The van der Waals surface area contributed by atoms with E-state index in [0.29, 0.717) is 32.5 Å². The summed E-state index contributed by atoms with van der Waals surface area (Å²) < 4.78 is 5.95. The van der Waals surface area contributed by atoms with Crippen molar-refractivity contribution in [3.8, 4) is 0 Å². The van der Waals surface area contributed by atoms with Gasteiger partial charge in [-0.1, -0.05) is 22.0 Å². The highest BCUT2D eigenvalue weighted by Crippen LogP contribution is 2.23. The molecule has 1 aliphatic heterocycles. The largest absolute Gasteiger partial charge is 0.450 e. The van der Waals surface area contributed by atoms with E-state index >= 15 is 0 Å². The van der Waals surface area contributed by atoms with E-state index in [0.717, 1.165) is 15.7 Å². The Kier molecular flexibility index (Phi) is 5.83. The van der Waals surface area contributed by atoms with Gasteiger partial charge in [-0.3, -0.25) is 4.79 Å². The molecule has 1 aliphatic rings. The minimum Gasteiger partial charge on any atom is -0.450 e. The van der Waals surface area contributed by atoms with Crippen LogP contribution in [0.15, 0.2) is 22.7 Å². The van der Waals surface area contributed by atoms with E-state index in [1.807, 2.05) is 25.1 Å². The SMILES string of the molecule is CCOC(=O)N1CCC(C(=O)Nc2ccc(C)c(Br)c2)CC1. The molecule has 2 amide bonds. The van der Waals surface area contributed by atoms with Crippen molar-refractivity contribution in [3.63, 3.8) is 0 Å². The summed E-state index contributed by atoms with van der Waals surface area (Å²) in [6.45, 7) is 5.29. The van der Waals surface area contributed by atoms with Gasteiger partial charge >= 0.3 is 6.09 Å². The number of likely N-dealkylation sites (tertiary alicyclic amines) is 1. The van der Waals surface area contributed by atoms with Crippen molar-refractivity contribution in [2.75, 3.05) is 25.0 Å². The van der Waals surface area contributed by atoms with Crippen molar-refractivity contribution in [1.29, 1.82) is 0 Å². The van der Waals surface area contributed by atoms with Crippen molar-refractivity contribution >= 4 is 33.6 Å². The second-order valence-electron chi connectivity index (χ2n) is 5.41. The maximum atomic E-state index is 12.3. The molecule has 1 aromatic carbocycles. The number of hydrogen-bond acceptors (Lipinski definition) is 3. The summed E-state index contributed by atoms with van der Waals surface area (Å²) in [6, 6.07) is 5.76. The number of hydrogen-bond donors (Lipinski definition) is 1. The monoisotopic (exact) mass is 368 g/mol. The second-order valence-corrected chi connectivity index (χ2v) is 6.27. The van der Waals surface area contributed by atoms with Crippen LogP contribution >= 0.6 is 15.9 Å². The van der Waals surface area contributed by atoms with Crippen LogP contribution in [0.5, 0.6) is 0 Å². The number of nitrogens with one attached hydrogen (secondary N) is 1. The standard InChI is InChI=1S/C16H21BrN2O3/c1-3-22-16(21)19-8-6-12(7-9-19)15(20)18-13-5-4-11(2)14(17)10-13/h4-5,10,12H,3,6-9H2,1-2H3,(H,18,20). The van der Waals surface area contributed by atoms with E-state index in [9.17, 15) is 9.59 Å². The molecule has 0 aromatic heterocycles. The molecule has 0 saturated carbocycles. The molecule has 6 heteroatoms. The van der Waals surface area contributed by atoms with E-state index in [2.05, 4.69) is 21.2 Å². The zero-order valence-electron chi connectivity index (χ0n) is 12.9. The van der Waals surface area contributed by atoms with E-state index in [-0.39, 0.29) is 17.9 Å². The zero-order chi connectivity index (χ0) is 16.1. The van der Waals surface area contributed by atoms with Crippen LogP contribution in [0.4, 0.5) is 10.5 Å². The molecule has 1 aromatic rings. The molecule has 1 N–H and O–H groups in total. The van der Waals surface area contributed by atoms with Crippen LogP contribution in [0.1, 0.15) is 25.3 Å². The lowest BCUT2D eigenvalue weighted by atomic mass is 9.96. The highest BCUT2D eigenvalue weighted by atomic mass is 79.9. The van der Waals surface area contributed by atoms with Crippen LogP contribution in [-0.4, -0.2) is 36.6 Å². The third-order valence-corrected chi connectivity index (χ3v) is 4.69. The number of halogens is 1. The van der Waals surface area contributed by atoms with Gasteiger partial charge in [0.2, 0.25) is 5.91 Å². The number of piperidine rings is 1. The predicted molar refractivity (Wildman–Crippen MR) is 88.8 cm³/mol. The van der Waals surface area contributed by atoms with Gasteiger partial charge in [0.25, 0.3) is 0 Å². The maximum Gasteiger partial charge on any atom is 0.409 e. The van der Waals surface area contributed by atoms with Crippen molar-refractivity contribution in [2.45, 2.75) is 26.7 Å². The Morgan fingerprint density at radius 3 is 2.64 bits per heavy atom. The van der Waals surface area contributed by atoms with Crippen LogP contribution in [0, 0.1) is 12.8 Å². The number of anilines is 1. The minimum absolute atomic E-state index is 0.0132. The number of nitrogens with zero attached hydrogens (tertiary/aromatic N) is 1. The highest BCUT2D eigenvalue weighted by molar-refractivity contribution is 9.10. The van der Waals surface area contributed by atoms with Crippen LogP contribution in [0.25, 0.3) is 0 Å². The Hall–Kier alpha value is -1.56. The van der Waals surface area contributed by atoms with Crippen molar-refractivity contribution in [3.05, 3.63) is 28.2 Å². The first kappa shape index (κ1) is 16.8. The molecule has 0 spiro atoms. The van der Waals surface area contributed by atoms with E-state index in [4.69, 9.17) is 4.74 Å². The molecule has 1 saturated heterocycles. The van der Waals surface area contributed by atoms with Gasteiger partial charge in [-0.15, -0.1) is 0 Å². The lowest BCUT2D eigenvalue weighted by molar-refractivity contribution is -0.121. The van der Waals surface area contributed by atoms with Gasteiger partial charge < -0.3 is 15.0 Å². The molecule has 5 nitrogen and oxygen atoms in total. The number of aryl methyl sites for hydroxylation is 1. The molecule has 0 unspecified atom stereocenters. The lowest BCUT2D eigenvalue weighted by Crippen LogP contribution is -2.41. The fourth-order valence-corrected chi connectivity index (χ4v) is 2.83. The van der Waals surface area contributed by atoms with Gasteiger partial charge in [0.05, 0.1) is 6.61 Å². The molecule has 1 fully saturated rings. The maximum absolute atomic E-state index is 12.3. The fourth-order valence-electron chi connectivity index (χ4n) is 2.45. The molecule has 0 aliphatic carbocycles. The summed E-state index contributed by atoms with van der Waals surface area (Å²) in [5.74, 6) is -0.0509. The molecule has 0 bridgehead atoms. The van der Waals surface area contributed by atoms with Crippen LogP contribution in [0.2, 0.25) is 0 Å². The Labute approximate surface area is 139 Å². The lowest BCUT2D eigenvalue weighted by Gasteiger charge is -2.30. The normalized spacial score (nSPS) is 15.5. The molecule has 22 heavy (non-hydrogen) atoms. The highest BCUT2D eigenvalue weighted by Gasteiger charge is 2.27. The summed E-state index contributed by atoms with van der Waals surface area (Å²) in [6.07, 6.45) is 1.04. The number of carbonyl (C=O) groups is 2. The predicted octanol–water partition coefficient (Wildman–Crippen LogP) is 3.56. The molecular weight excluding hydrogens is 348 g/mol. The van der Waals surface area contributed by atoms with Crippen molar-refractivity contribution < 1.29 is 14.3 Å². The van der Waals surface area contributed by atoms with E-state index in [1.165, 1.54) is 0 Å². The first-order chi connectivity index (χ1) is 10.5. The third-order valence-electron chi connectivity index (χ3n) is 3.83. The van der Waals surface area contributed by atoms with Crippen LogP contribution in [-0.2, 0) is 9.53 Å². The van der Waals surface area contributed by atoms with Crippen molar-refractivity contribution in [1.82, 2.24) is 4.90 Å². The quantitative estimate of drug-likeness (QED) is 0.886. The second kappa shape index (κ2) is 7.63. The topological polar surface area (TPSA) is 58.6 Å². The summed E-state index contributed by atoms with van der Waals surface area (Å²) >= 11 is 3.46. The average Bonchev–Trinajstić information content (AvgIpc) is 2.51. The van der Waals surface area contributed by atoms with E-state index < -0.39 is 0 Å². The van der Waals surface area contributed by atoms with E-state index in [1.54, 1.807) is 11.8 Å². The number of benzene rings is 1. The zero-order valence-corrected chi connectivity index (χ0v) is 14.5. The Morgan fingerprint density at radius 1 is 1.36 bits per heavy atom. The molecule has 0 atom stereocenters. The minimum atomic E-state index is -0.288.